The zero-order chi connectivity index (χ0) is 24.5. The molecule has 5 rings (SSSR count). The Hall–Kier alpha value is -2.09. The molecular weight excluding hydrogens is 460 g/mol. The summed E-state index contributed by atoms with van der Waals surface area (Å²) in [4.78, 5) is 2.93. The zero-order valence-corrected chi connectivity index (χ0v) is 21.9. The first-order valence-corrected chi connectivity index (χ1v) is 14.5. The molecule has 0 N–H and O–H groups in total. The van der Waals surface area contributed by atoms with Crippen LogP contribution in [0.1, 0.15) is 50.7 Å². The molecule has 0 unspecified atom stereocenters. The minimum atomic E-state index is -3.45. The summed E-state index contributed by atoms with van der Waals surface area (Å²) in [5.74, 6) is 2.32. The molecule has 2 fully saturated rings. The van der Waals surface area contributed by atoms with E-state index in [1.54, 1.807) is 10.4 Å². The van der Waals surface area contributed by atoms with E-state index in [1.807, 2.05) is 18.2 Å². The van der Waals surface area contributed by atoms with Gasteiger partial charge in [-0.1, -0.05) is 32.0 Å². The fourth-order valence-electron chi connectivity index (χ4n) is 5.63. The van der Waals surface area contributed by atoms with Crippen molar-refractivity contribution in [2.75, 3.05) is 39.4 Å². The van der Waals surface area contributed by atoms with Crippen molar-refractivity contribution in [3.8, 4) is 11.5 Å². The Labute approximate surface area is 210 Å². The summed E-state index contributed by atoms with van der Waals surface area (Å²) < 4.78 is 39.9. The van der Waals surface area contributed by atoms with E-state index in [0.717, 1.165) is 75.4 Å². The zero-order valence-electron chi connectivity index (χ0n) is 21.0. The smallest absolute Gasteiger partial charge is 0.243 e. The molecule has 3 aliphatic rings. The molecular formula is C28H38N2O4S. The monoisotopic (exact) mass is 498 g/mol. The molecule has 3 aliphatic heterocycles. The third-order valence-corrected chi connectivity index (χ3v) is 9.83. The van der Waals surface area contributed by atoms with E-state index in [0.29, 0.717) is 30.5 Å². The highest BCUT2D eigenvalue weighted by Gasteiger charge is 2.40. The Balaban J connectivity index is 1.16. The molecule has 2 aromatic rings. The normalized spacial score (nSPS) is 20.7. The number of hydrogen-bond acceptors (Lipinski definition) is 5. The molecule has 0 bridgehead atoms. The topological polar surface area (TPSA) is 59.1 Å². The fraction of sp³-hybridized carbons (Fsp3) is 0.571. The standard InChI is InChI=1S/C28H38N2O4S/c1-22(2)21-34-26-6-4-3-5-24(26)20-29-14-10-28(11-15-29)12-16-30(17-13-28)35(31,32)25-7-8-27-23(19-25)9-18-33-27/h3-8,19,22H,9-18,20-21H2,1-2H3. The van der Waals surface area contributed by atoms with Crippen LogP contribution in [0.5, 0.6) is 11.5 Å². The van der Waals surface area contributed by atoms with Gasteiger partial charge in [0.1, 0.15) is 11.5 Å². The highest BCUT2D eigenvalue weighted by molar-refractivity contribution is 7.89. The molecule has 2 saturated heterocycles. The maximum atomic E-state index is 13.3. The maximum Gasteiger partial charge on any atom is 0.243 e. The Kier molecular flexibility index (Phi) is 7.11. The van der Waals surface area contributed by atoms with Gasteiger partial charge in [-0.2, -0.15) is 4.31 Å². The van der Waals surface area contributed by atoms with Gasteiger partial charge in [0.15, 0.2) is 0 Å². The van der Waals surface area contributed by atoms with E-state index >= 15 is 0 Å². The Morgan fingerprint density at radius 3 is 2.46 bits per heavy atom. The number of hydrogen-bond donors (Lipinski definition) is 0. The number of ether oxygens (including phenoxy) is 2. The van der Waals surface area contributed by atoms with Crippen molar-refractivity contribution in [2.45, 2.75) is 57.4 Å². The summed E-state index contributed by atoms with van der Waals surface area (Å²) in [6.07, 6.45) is 4.94. The van der Waals surface area contributed by atoms with E-state index in [1.165, 1.54) is 5.56 Å². The summed E-state index contributed by atoms with van der Waals surface area (Å²) in [6.45, 7) is 9.95. The molecule has 6 nitrogen and oxygen atoms in total. The fourth-order valence-corrected chi connectivity index (χ4v) is 7.12. The van der Waals surface area contributed by atoms with E-state index in [9.17, 15) is 8.42 Å². The molecule has 0 radical (unpaired) electrons. The Bertz CT molecular complexity index is 1130. The van der Waals surface area contributed by atoms with Gasteiger partial charge in [0, 0.05) is 31.6 Å². The van der Waals surface area contributed by atoms with Crippen LogP contribution < -0.4 is 9.47 Å². The average molecular weight is 499 g/mol. The molecule has 3 heterocycles. The van der Waals surface area contributed by atoms with E-state index in [2.05, 4.69) is 36.9 Å². The quantitative estimate of drug-likeness (QED) is 0.553. The van der Waals surface area contributed by atoms with Crippen LogP contribution >= 0.6 is 0 Å². The van der Waals surface area contributed by atoms with Crippen molar-refractivity contribution in [1.82, 2.24) is 9.21 Å². The molecule has 0 aromatic heterocycles. The number of likely N-dealkylation sites (tertiary alicyclic amines) is 1. The third kappa shape index (κ3) is 5.37. The van der Waals surface area contributed by atoms with Crippen LogP contribution in [0.4, 0.5) is 0 Å². The van der Waals surface area contributed by atoms with Gasteiger partial charge in [-0.15, -0.1) is 0 Å². The maximum absolute atomic E-state index is 13.3. The number of fused-ring (bicyclic) bond motifs is 1. The SMILES string of the molecule is CC(C)COc1ccccc1CN1CCC2(CC1)CCN(S(=O)(=O)c1ccc3c(c1)CCO3)CC2. The molecule has 7 heteroatoms. The minimum absolute atomic E-state index is 0.266. The lowest BCUT2D eigenvalue weighted by molar-refractivity contribution is 0.0525. The van der Waals surface area contributed by atoms with Gasteiger partial charge < -0.3 is 9.47 Å². The van der Waals surface area contributed by atoms with Crippen LogP contribution in [0.15, 0.2) is 47.4 Å². The lowest BCUT2D eigenvalue weighted by Crippen LogP contribution is -2.48. The number of piperidine rings is 2. The number of rotatable bonds is 7. The molecule has 0 amide bonds. The minimum Gasteiger partial charge on any atom is -0.493 e. The first-order chi connectivity index (χ1) is 16.8. The summed E-state index contributed by atoms with van der Waals surface area (Å²) in [5, 5.41) is 0. The van der Waals surface area contributed by atoms with Crippen LogP contribution in [0.25, 0.3) is 0 Å². The highest BCUT2D eigenvalue weighted by Crippen LogP contribution is 2.43. The summed E-state index contributed by atoms with van der Waals surface area (Å²) in [7, 11) is -3.45. The van der Waals surface area contributed by atoms with Crippen molar-refractivity contribution in [3.05, 3.63) is 53.6 Å². The van der Waals surface area contributed by atoms with Gasteiger partial charge in [0.05, 0.1) is 18.1 Å². The Morgan fingerprint density at radius 2 is 1.71 bits per heavy atom. The van der Waals surface area contributed by atoms with Crippen LogP contribution in [-0.2, 0) is 23.0 Å². The second-order valence-electron chi connectivity index (χ2n) is 10.9. The molecule has 190 valence electrons. The molecule has 0 saturated carbocycles. The third-order valence-electron chi connectivity index (χ3n) is 7.94. The van der Waals surface area contributed by atoms with Crippen molar-refractivity contribution in [3.63, 3.8) is 0 Å². The van der Waals surface area contributed by atoms with Gasteiger partial charge in [0.25, 0.3) is 0 Å². The van der Waals surface area contributed by atoms with Crippen molar-refractivity contribution in [2.24, 2.45) is 11.3 Å². The summed E-state index contributed by atoms with van der Waals surface area (Å²) in [5.41, 5.74) is 2.52. The van der Waals surface area contributed by atoms with E-state index < -0.39 is 10.0 Å². The number of para-hydroxylation sites is 1. The predicted octanol–water partition coefficient (Wildman–Crippen LogP) is 4.72. The van der Waals surface area contributed by atoms with Gasteiger partial charge in [-0.3, -0.25) is 4.90 Å². The van der Waals surface area contributed by atoms with Gasteiger partial charge in [-0.25, -0.2) is 8.42 Å². The van der Waals surface area contributed by atoms with Gasteiger partial charge >= 0.3 is 0 Å². The lowest BCUT2D eigenvalue weighted by atomic mass is 9.71. The van der Waals surface area contributed by atoms with Crippen molar-refractivity contribution >= 4 is 10.0 Å². The number of sulfonamides is 1. The van der Waals surface area contributed by atoms with Crippen LogP contribution in [-0.4, -0.2) is 57.0 Å². The van der Waals surface area contributed by atoms with E-state index in [-0.39, 0.29) is 5.41 Å². The van der Waals surface area contributed by atoms with Gasteiger partial charge in [0.2, 0.25) is 10.0 Å². The van der Waals surface area contributed by atoms with Crippen molar-refractivity contribution in [1.29, 1.82) is 0 Å². The molecule has 0 aliphatic carbocycles. The van der Waals surface area contributed by atoms with Crippen LogP contribution in [0, 0.1) is 11.3 Å². The predicted molar refractivity (Wildman–Crippen MR) is 137 cm³/mol. The first kappa shape index (κ1) is 24.6. The molecule has 35 heavy (non-hydrogen) atoms. The second kappa shape index (κ2) is 10.1. The lowest BCUT2D eigenvalue weighted by Gasteiger charge is -2.46. The molecule has 2 aromatic carbocycles. The van der Waals surface area contributed by atoms with Crippen LogP contribution in [0.3, 0.4) is 0 Å². The highest BCUT2D eigenvalue weighted by atomic mass is 32.2. The largest absolute Gasteiger partial charge is 0.493 e. The summed E-state index contributed by atoms with van der Waals surface area (Å²) >= 11 is 0. The Morgan fingerprint density at radius 1 is 1.00 bits per heavy atom. The van der Waals surface area contributed by atoms with Gasteiger partial charge in [-0.05, 0) is 79.9 Å². The van der Waals surface area contributed by atoms with Crippen LogP contribution in [0.2, 0.25) is 0 Å². The molecule has 0 atom stereocenters. The number of benzene rings is 2. The van der Waals surface area contributed by atoms with E-state index in [4.69, 9.17) is 9.47 Å². The second-order valence-corrected chi connectivity index (χ2v) is 12.8. The average Bonchev–Trinajstić information content (AvgIpc) is 3.33. The number of nitrogens with zero attached hydrogens (tertiary/aromatic N) is 2. The molecule has 1 spiro atoms. The van der Waals surface area contributed by atoms with Crippen molar-refractivity contribution < 1.29 is 17.9 Å². The summed E-state index contributed by atoms with van der Waals surface area (Å²) in [6, 6.07) is 13.7. The first-order valence-electron chi connectivity index (χ1n) is 13.0.